The Labute approximate surface area is 106 Å². The lowest BCUT2D eigenvalue weighted by Crippen LogP contribution is -2.41. The van der Waals surface area contributed by atoms with Crippen molar-refractivity contribution in [3.8, 4) is 0 Å². The van der Waals surface area contributed by atoms with Crippen LogP contribution in [0.1, 0.15) is 25.7 Å². The molecular formula is C14H18F2N2. The molecule has 98 valence electrons. The van der Waals surface area contributed by atoms with Gasteiger partial charge in [0.1, 0.15) is 17.3 Å². The fourth-order valence-corrected chi connectivity index (χ4v) is 3.24. The lowest BCUT2D eigenvalue weighted by molar-refractivity contribution is 0.192. The van der Waals surface area contributed by atoms with E-state index < -0.39 is 11.6 Å². The first-order valence-corrected chi connectivity index (χ1v) is 6.70. The molecule has 0 saturated carbocycles. The van der Waals surface area contributed by atoms with Gasteiger partial charge < -0.3 is 5.32 Å². The Morgan fingerprint density at radius 2 is 1.83 bits per heavy atom. The van der Waals surface area contributed by atoms with Crippen LogP contribution in [-0.2, 0) is 0 Å². The molecule has 0 amide bonds. The maximum atomic E-state index is 13.6. The Morgan fingerprint density at radius 3 is 2.61 bits per heavy atom. The Balaban J connectivity index is 1.76. The zero-order valence-electron chi connectivity index (χ0n) is 10.3. The average Bonchev–Trinajstić information content (AvgIpc) is 2.77. The van der Waals surface area contributed by atoms with Gasteiger partial charge in [-0.3, -0.25) is 4.90 Å². The average molecular weight is 252 g/mol. The monoisotopic (exact) mass is 252 g/mol. The SMILES string of the molecule is Fc1cccc(F)c1NC1CCN2CCCCC12. The van der Waals surface area contributed by atoms with Crippen molar-refractivity contribution >= 4 is 5.69 Å². The minimum Gasteiger partial charge on any atom is -0.376 e. The van der Waals surface area contributed by atoms with Gasteiger partial charge in [0.15, 0.2) is 0 Å². The number of hydrogen-bond acceptors (Lipinski definition) is 2. The standard InChI is InChI=1S/C14H18F2N2/c15-10-4-3-5-11(16)14(10)17-12-7-9-18-8-2-1-6-13(12)18/h3-5,12-13,17H,1-2,6-9H2. The van der Waals surface area contributed by atoms with E-state index >= 15 is 0 Å². The number of piperidine rings is 1. The lowest BCUT2D eigenvalue weighted by Gasteiger charge is -2.33. The van der Waals surface area contributed by atoms with E-state index in [1.165, 1.54) is 31.0 Å². The van der Waals surface area contributed by atoms with Crippen LogP contribution >= 0.6 is 0 Å². The number of fused-ring (bicyclic) bond motifs is 1. The van der Waals surface area contributed by atoms with E-state index in [0.29, 0.717) is 6.04 Å². The van der Waals surface area contributed by atoms with Crippen LogP contribution < -0.4 is 5.32 Å². The molecule has 0 bridgehead atoms. The van der Waals surface area contributed by atoms with Crippen molar-refractivity contribution in [2.75, 3.05) is 18.4 Å². The Kier molecular flexibility index (Phi) is 3.20. The minimum atomic E-state index is -0.496. The van der Waals surface area contributed by atoms with Gasteiger partial charge in [0.05, 0.1) is 0 Å². The minimum absolute atomic E-state index is 0.0370. The number of hydrogen-bond donors (Lipinski definition) is 1. The van der Waals surface area contributed by atoms with Gasteiger partial charge in [-0.15, -0.1) is 0 Å². The summed E-state index contributed by atoms with van der Waals surface area (Å²) in [5.74, 6) is -0.992. The van der Waals surface area contributed by atoms with Gasteiger partial charge in [0.25, 0.3) is 0 Å². The highest BCUT2D eigenvalue weighted by Crippen LogP contribution is 2.30. The lowest BCUT2D eigenvalue weighted by atomic mass is 9.99. The van der Waals surface area contributed by atoms with Crippen LogP contribution in [0.25, 0.3) is 0 Å². The van der Waals surface area contributed by atoms with E-state index in [4.69, 9.17) is 0 Å². The predicted molar refractivity (Wildman–Crippen MR) is 67.6 cm³/mol. The fourth-order valence-electron chi connectivity index (χ4n) is 3.24. The number of anilines is 1. The van der Waals surface area contributed by atoms with Crippen molar-refractivity contribution in [1.29, 1.82) is 0 Å². The van der Waals surface area contributed by atoms with E-state index in [-0.39, 0.29) is 11.7 Å². The van der Waals surface area contributed by atoms with Crippen molar-refractivity contribution in [1.82, 2.24) is 4.90 Å². The number of para-hydroxylation sites is 1. The summed E-state index contributed by atoms with van der Waals surface area (Å²) in [6.45, 7) is 2.17. The summed E-state index contributed by atoms with van der Waals surface area (Å²) in [6.07, 6.45) is 4.57. The normalized spacial score (nSPS) is 28.1. The molecule has 0 aromatic heterocycles. The van der Waals surface area contributed by atoms with Gasteiger partial charge in [-0.2, -0.15) is 0 Å². The number of nitrogens with one attached hydrogen (secondary N) is 1. The summed E-state index contributed by atoms with van der Waals surface area (Å²) < 4.78 is 27.2. The third-order valence-electron chi connectivity index (χ3n) is 4.15. The van der Waals surface area contributed by atoms with Gasteiger partial charge in [-0.25, -0.2) is 8.78 Å². The van der Waals surface area contributed by atoms with Crippen molar-refractivity contribution in [3.05, 3.63) is 29.8 Å². The van der Waals surface area contributed by atoms with Gasteiger partial charge >= 0.3 is 0 Å². The molecule has 2 heterocycles. The molecule has 2 fully saturated rings. The number of nitrogens with zero attached hydrogens (tertiary/aromatic N) is 1. The summed E-state index contributed by atoms with van der Waals surface area (Å²) in [7, 11) is 0. The zero-order valence-corrected chi connectivity index (χ0v) is 10.3. The molecule has 0 aliphatic carbocycles. The molecule has 2 nitrogen and oxygen atoms in total. The predicted octanol–water partition coefficient (Wildman–Crippen LogP) is 3.00. The molecule has 1 aromatic rings. The number of rotatable bonds is 2. The molecular weight excluding hydrogens is 234 g/mol. The van der Waals surface area contributed by atoms with Gasteiger partial charge in [-0.1, -0.05) is 12.5 Å². The van der Waals surface area contributed by atoms with Crippen molar-refractivity contribution in [2.24, 2.45) is 0 Å². The molecule has 2 saturated heterocycles. The number of halogens is 2. The second-order valence-electron chi connectivity index (χ2n) is 5.24. The van der Waals surface area contributed by atoms with Crippen LogP contribution in [0.3, 0.4) is 0 Å². The first-order valence-electron chi connectivity index (χ1n) is 6.70. The molecule has 1 aromatic carbocycles. The maximum Gasteiger partial charge on any atom is 0.149 e. The van der Waals surface area contributed by atoms with E-state index in [1.807, 2.05) is 0 Å². The third kappa shape index (κ3) is 2.09. The molecule has 0 spiro atoms. The Hall–Kier alpha value is -1.16. The van der Waals surface area contributed by atoms with Crippen LogP contribution in [0.2, 0.25) is 0 Å². The molecule has 1 N–H and O–H groups in total. The molecule has 4 heteroatoms. The second-order valence-corrected chi connectivity index (χ2v) is 5.24. The van der Waals surface area contributed by atoms with E-state index in [9.17, 15) is 8.78 Å². The zero-order chi connectivity index (χ0) is 12.5. The molecule has 18 heavy (non-hydrogen) atoms. The molecule has 2 unspecified atom stereocenters. The summed E-state index contributed by atoms with van der Waals surface area (Å²) >= 11 is 0. The molecule has 0 radical (unpaired) electrons. The molecule has 2 aliphatic heterocycles. The Bertz CT molecular complexity index is 416. The van der Waals surface area contributed by atoms with Crippen LogP contribution in [0, 0.1) is 11.6 Å². The second kappa shape index (κ2) is 4.84. The van der Waals surface area contributed by atoms with Crippen LogP contribution in [0.4, 0.5) is 14.5 Å². The van der Waals surface area contributed by atoms with Crippen molar-refractivity contribution in [3.63, 3.8) is 0 Å². The highest BCUT2D eigenvalue weighted by Gasteiger charge is 2.35. The fraction of sp³-hybridized carbons (Fsp3) is 0.571. The third-order valence-corrected chi connectivity index (χ3v) is 4.15. The summed E-state index contributed by atoms with van der Waals surface area (Å²) in [4.78, 5) is 2.44. The van der Waals surface area contributed by atoms with Crippen molar-refractivity contribution < 1.29 is 8.78 Å². The van der Waals surface area contributed by atoms with Crippen molar-refractivity contribution in [2.45, 2.75) is 37.8 Å². The topological polar surface area (TPSA) is 15.3 Å². The van der Waals surface area contributed by atoms with Crippen LogP contribution in [0.5, 0.6) is 0 Å². The van der Waals surface area contributed by atoms with Crippen LogP contribution in [-0.4, -0.2) is 30.1 Å². The van der Waals surface area contributed by atoms with Gasteiger partial charge in [-0.05, 0) is 37.9 Å². The van der Waals surface area contributed by atoms with E-state index in [2.05, 4.69) is 10.2 Å². The van der Waals surface area contributed by atoms with Gasteiger partial charge in [0.2, 0.25) is 0 Å². The van der Waals surface area contributed by atoms with E-state index in [1.54, 1.807) is 0 Å². The quantitative estimate of drug-likeness (QED) is 0.870. The smallest absolute Gasteiger partial charge is 0.149 e. The van der Waals surface area contributed by atoms with E-state index in [0.717, 1.165) is 25.9 Å². The first kappa shape index (κ1) is 11.9. The molecule has 2 atom stereocenters. The maximum absolute atomic E-state index is 13.6. The molecule has 3 rings (SSSR count). The largest absolute Gasteiger partial charge is 0.376 e. The highest BCUT2D eigenvalue weighted by molar-refractivity contribution is 5.47. The summed E-state index contributed by atoms with van der Waals surface area (Å²) in [5, 5.41) is 3.08. The summed E-state index contributed by atoms with van der Waals surface area (Å²) in [6, 6.07) is 4.63. The first-order chi connectivity index (χ1) is 8.75. The van der Waals surface area contributed by atoms with Gasteiger partial charge in [0, 0.05) is 18.6 Å². The number of benzene rings is 1. The Morgan fingerprint density at radius 1 is 1.06 bits per heavy atom. The van der Waals surface area contributed by atoms with Crippen LogP contribution in [0.15, 0.2) is 18.2 Å². The summed E-state index contributed by atoms with van der Waals surface area (Å²) in [5.41, 5.74) is 0.0370. The highest BCUT2D eigenvalue weighted by atomic mass is 19.1. The molecule has 2 aliphatic rings.